The number of hydrogen-bond donors (Lipinski definition) is 1. The van der Waals surface area contributed by atoms with Gasteiger partial charge in [-0.05, 0) is 24.3 Å². The number of benzene rings is 1. The van der Waals surface area contributed by atoms with Crippen LogP contribution in [0, 0.1) is 0 Å². The van der Waals surface area contributed by atoms with Crippen molar-refractivity contribution in [1.82, 2.24) is 15.0 Å². The first-order valence-corrected chi connectivity index (χ1v) is 6.66. The third-order valence-electron chi connectivity index (χ3n) is 2.74. The molecule has 8 heteroatoms. The molecule has 0 saturated heterocycles. The van der Waals surface area contributed by atoms with Crippen LogP contribution in [-0.4, -0.2) is 46.3 Å². The monoisotopic (exact) mass is 317 g/mol. The number of aliphatic hydroxyl groups is 1. The Morgan fingerprint density at radius 2 is 2.00 bits per heavy atom. The van der Waals surface area contributed by atoms with Crippen molar-refractivity contribution in [2.45, 2.75) is 13.0 Å². The van der Waals surface area contributed by atoms with Crippen LogP contribution in [0.4, 0.5) is 8.78 Å². The smallest absolute Gasteiger partial charge is 0.257 e. The number of hydrogen-bond acceptors (Lipinski definition) is 5. The van der Waals surface area contributed by atoms with Crippen molar-refractivity contribution in [3.8, 4) is 11.5 Å². The Bertz CT molecular complexity index is 563. The van der Waals surface area contributed by atoms with Crippen LogP contribution >= 0.6 is 11.6 Å². The summed E-state index contributed by atoms with van der Waals surface area (Å²) in [5.74, 6) is 0.580. The molecule has 2 aromatic rings. The van der Waals surface area contributed by atoms with Crippen molar-refractivity contribution >= 4 is 11.6 Å². The number of nitrogens with zero attached hydrogens (tertiary/aromatic N) is 3. The van der Waals surface area contributed by atoms with Gasteiger partial charge in [0.25, 0.3) is 12.3 Å². The van der Waals surface area contributed by atoms with Crippen LogP contribution in [0.15, 0.2) is 28.8 Å². The summed E-state index contributed by atoms with van der Waals surface area (Å²) in [4.78, 5) is 5.51. The van der Waals surface area contributed by atoms with Gasteiger partial charge in [-0.25, -0.2) is 8.78 Å². The van der Waals surface area contributed by atoms with Gasteiger partial charge >= 0.3 is 0 Å². The first-order chi connectivity index (χ1) is 10.1. The maximum atomic E-state index is 12.4. The molecule has 21 heavy (non-hydrogen) atoms. The normalized spacial score (nSPS) is 11.5. The van der Waals surface area contributed by atoms with E-state index in [4.69, 9.17) is 21.2 Å². The highest BCUT2D eigenvalue weighted by atomic mass is 35.5. The van der Waals surface area contributed by atoms with E-state index in [9.17, 15) is 8.78 Å². The van der Waals surface area contributed by atoms with Crippen LogP contribution in [0.5, 0.6) is 0 Å². The van der Waals surface area contributed by atoms with Crippen LogP contribution in [0.2, 0.25) is 5.02 Å². The lowest BCUT2D eigenvalue weighted by Gasteiger charge is -2.18. The Labute approximate surface area is 125 Å². The van der Waals surface area contributed by atoms with Gasteiger partial charge in [-0.3, -0.25) is 4.90 Å². The summed E-state index contributed by atoms with van der Waals surface area (Å²) in [6.07, 6.45) is -2.49. The lowest BCUT2D eigenvalue weighted by atomic mass is 10.2. The summed E-state index contributed by atoms with van der Waals surface area (Å²) in [5, 5.41) is 13.2. The molecule has 0 bridgehead atoms. The van der Waals surface area contributed by atoms with Gasteiger partial charge in [-0.2, -0.15) is 4.98 Å². The highest BCUT2D eigenvalue weighted by Gasteiger charge is 2.16. The van der Waals surface area contributed by atoms with Crippen molar-refractivity contribution in [3.05, 3.63) is 35.1 Å². The fourth-order valence-electron chi connectivity index (χ4n) is 1.80. The zero-order valence-electron chi connectivity index (χ0n) is 11.0. The van der Waals surface area contributed by atoms with Crippen molar-refractivity contribution in [1.29, 1.82) is 0 Å². The highest BCUT2D eigenvalue weighted by Crippen LogP contribution is 2.20. The van der Waals surface area contributed by atoms with Gasteiger partial charge in [0.15, 0.2) is 5.82 Å². The van der Waals surface area contributed by atoms with E-state index in [-0.39, 0.29) is 25.5 Å². The van der Waals surface area contributed by atoms with Crippen LogP contribution in [0.3, 0.4) is 0 Å². The molecule has 0 aliphatic rings. The molecule has 114 valence electrons. The molecule has 0 amide bonds. The molecule has 0 atom stereocenters. The Hall–Kier alpha value is -1.57. The molecule has 0 unspecified atom stereocenters. The number of alkyl halides is 2. The second-order valence-electron chi connectivity index (χ2n) is 4.37. The fourth-order valence-corrected chi connectivity index (χ4v) is 1.93. The van der Waals surface area contributed by atoms with E-state index in [0.29, 0.717) is 16.5 Å². The zero-order valence-corrected chi connectivity index (χ0v) is 11.8. The van der Waals surface area contributed by atoms with Gasteiger partial charge in [0.1, 0.15) is 0 Å². The summed E-state index contributed by atoms with van der Waals surface area (Å²) in [5.41, 5.74) is 0.695. The molecule has 1 aromatic carbocycles. The average molecular weight is 318 g/mol. The highest BCUT2D eigenvalue weighted by molar-refractivity contribution is 6.30. The molecule has 5 nitrogen and oxygen atoms in total. The summed E-state index contributed by atoms with van der Waals surface area (Å²) in [6.45, 7) is -0.461. The largest absolute Gasteiger partial charge is 0.395 e. The topological polar surface area (TPSA) is 62.4 Å². The van der Waals surface area contributed by atoms with Crippen molar-refractivity contribution < 1.29 is 18.4 Å². The summed E-state index contributed by atoms with van der Waals surface area (Å²) in [7, 11) is 0. The van der Waals surface area contributed by atoms with Gasteiger partial charge in [0.05, 0.1) is 19.7 Å². The van der Waals surface area contributed by atoms with E-state index in [1.807, 2.05) is 0 Å². The van der Waals surface area contributed by atoms with Crippen LogP contribution in [0.1, 0.15) is 5.82 Å². The maximum Gasteiger partial charge on any atom is 0.257 e. The lowest BCUT2D eigenvalue weighted by Crippen LogP contribution is -2.31. The summed E-state index contributed by atoms with van der Waals surface area (Å²) in [6, 6.07) is 6.83. The van der Waals surface area contributed by atoms with Gasteiger partial charge in [-0.15, -0.1) is 0 Å². The molecule has 2 rings (SSSR count). The molecule has 0 aliphatic carbocycles. The molecular weight excluding hydrogens is 304 g/mol. The molecule has 1 heterocycles. The predicted octanol–water partition coefficient (Wildman–Crippen LogP) is 2.45. The first kappa shape index (κ1) is 15.8. The number of rotatable bonds is 7. The fraction of sp³-hybridized carbons (Fsp3) is 0.385. The van der Waals surface area contributed by atoms with E-state index in [0.717, 1.165) is 0 Å². The molecule has 1 N–H and O–H groups in total. The van der Waals surface area contributed by atoms with Crippen molar-refractivity contribution in [3.63, 3.8) is 0 Å². The number of aromatic nitrogens is 2. The van der Waals surface area contributed by atoms with Crippen LogP contribution in [0.25, 0.3) is 11.5 Å². The molecule has 1 aromatic heterocycles. The minimum atomic E-state index is -2.49. The Kier molecular flexibility index (Phi) is 5.60. The van der Waals surface area contributed by atoms with Gasteiger partial charge in [-0.1, -0.05) is 16.8 Å². The van der Waals surface area contributed by atoms with Gasteiger partial charge in [0, 0.05) is 17.1 Å². The molecule has 0 radical (unpaired) electrons. The molecule has 0 fully saturated rings. The Balaban J connectivity index is 2.06. The van der Waals surface area contributed by atoms with E-state index >= 15 is 0 Å². The third kappa shape index (κ3) is 4.73. The molecule has 0 aliphatic heterocycles. The molecule has 0 saturated carbocycles. The second-order valence-corrected chi connectivity index (χ2v) is 4.81. The minimum absolute atomic E-state index is 0.0853. The van der Waals surface area contributed by atoms with Crippen LogP contribution < -0.4 is 0 Å². The second kappa shape index (κ2) is 7.44. The summed E-state index contributed by atoms with van der Waals surface area (Å²) < 4.78 is 29.9. The third-order valence-corrected chi connectivity index (χ3v) is 2.99. The van der Waals surface area contributed by atoms with Gasteiger partial charge in [0.2, 0.25) is 0 Å². The van der Waals surface area contributed by atoms with E-state index in [1.54, 1.807) is 24.3 Å². The number of halogens is 3. The van der Waals surface area contributed by atoms with Crippen molar-refractivity contribution in [2.24, 2.45) is 0 Å². The van der Waals surface area contributed by atoms with E-state index < -0.39 is 13.0 Å². The standard InChI is InChI=1S/C13H14ClF2N3O2/c14-10-3-1-9(2-4-10)13-17-12(18-21-13)8-19(5-6-20)7-11(15)16/h1-4,11,20H,5-8H2. The zero-order chi connectivity index (χ0) is 15.2. The number of aliphatic hydroxyl groups excluding tert-OH is 1. The van der Waals surface area contributed by atoms with Crippen molar-refractivity contribution in [2.75, 3.05) is 19.7 Å². The first-order valence-electron chi connectivity index (χ1n) is 6.28. The van der Waals surface area contributed by atoms with E-state index in [1.165, 1.54) is 4.90 Å². The quantitative estimate of drug-likeness (QED) is 0.850. The average Bonchev–Trinajstić information content (AvgIpc) is 2.87. The molecule has 0 spiro atoms. The lowest BCUT2D eigenvalue weighted by molar-refractivity contribution is 0.0729. The predicted molar refractivity (Wildman–Crippen MR) is 73.1 cm³/mol. The SMILES string of the molecule is OCCN(Cc1noc(-c2ccc(Cl)cc2)n1)CC(F)F. The Morgan fingerprint density at radius 3 is 2.62 bits per heavy atom. The van der Waals surface area contributed by atoms with E-state index in [2.05, 4.69) is 10.1 Å². The summed E-state index contributed by atoms with van der Waals surface area (Å²) >= 11 is 5.79. The van der Waals surface area contributed by atoms with Gasteiger partial charge < -0.3 is 9.63 Å². The minimum Gasteiger partial charge on any atom is -0.395 e. The van der Waals surface area contributed by atoms with Crippen LogP contribution in [-0.2, 0) is 6.54 Å². The maximum absolute atomic E-state index is 12.4. The molecular formula is C13H14ClF2N3O2. The Morgan fingerprint density at radius 1 is 1.29 bits per heavy atom.